The Morgan fingerprint density at radius 1 is 1.07 bits per heavy atom. The maximum absolute atomic E-state index is 5.97. The molecule has 152 valence electrons. The van der Waals surface area contributed by atoms with Gasteiger partial charge in [0, 0.05) is 25.7 Å². The van der Waals surface area contributed by atoms with Gasteiger partial charge in [0.2, 0.25) is 0 Å². The summed E-state index contributed by atoms with van der Waals surface area (Å²) in [6, 6.07) is 16.4. The van der Waals surface area contributed by atoms with E-state index in [1.165, 1.54) is 18.4 Å². The molecule has 2 aromatic carbocycles. The van der Waals surface area contributed by atoms with Crippen molar-refractivity contribution in [2.45, 2.75) is 25.8 Å². The highest BCUT2D eigenvalue weighted by Crippen LogP contribution is 2.30. The molecule has 0 atom stereocenters. The van der Waals surface area contributed by atoms with Crippen LogP contribution in [0.15, 0.2) is 53.5 Å². The van der Waals surface area contributed by atoms with Gasteiger partial charge >= 0.3 is 0 Å². The number of hydrogen-bond donors (Lipinski definition) is 2. The summed E-state index contributed by atoms with van der Waals surface area (Å²) in [4.78, 5) is 4.31. The lowest BCUT2D eigenvalue weighted by Gasteiger charge is -2.15. The first kappa shape index (κ1) is 22.3. The topological polar surface area (TPSA) is 54.9 Å². The molecule has 5 nitrogen and oxygen atoms in total. The quantitative estimate of drug-likeness (QED) is 0.314. The minimum absolute atomic E-state index is 0. The third kappa shape index (κ3) is 7.22. The van der Waals surface area contributed by atoms with Crippen LogP contribution in [0.4, 0.5) is 0 Å². The lowest BCUT2D eigenvalue weighted by atomic mass is 10.1. The van der Waals surface area contributed by atoms with Gasteiger partial charge in [0.25, 0.3) is 0 Å². The van der Waals surface area contributed by atoms with Crippen molar-refractivity contribution in [1.29, 1.82) is 0 Å². The molecule has 0 saturated heterocycles. The molecule has 0 aliphatic heterocycles. The van der Waals surface area contributed by atoms with Crippen molar-refractivity contribution < 1.29 is 9.47 Å². The number of halogens is 1. The van der Waals surface area contributed by atoms with Gasteiger partial charge in [-0.2, -0.15) is 0 Å². The van der Waals surface area contributed by atoms with Gasteiger partial charge < -0.3 is 20.1 Å². The van der Waals surface area contributed by atoms with Gasteiger partial charge in [0.15, 0.2) is 5.96 Å². The van der Waals surface area contributed by atoms with Crippen molar-refractivity contribution in [3.8, 4) is 11.5 Å². The summed E-state index contributed by atoms with van der Waals surface area (Å²) in [5.74, 6) is 3.39. The minimum atomic E-state index is 0. The molecule has 0 amide bonds. The Bertz CT molecular complexity index is 746. The van der Waals surface area contributed by atoms with Crippen molar-refractivity contribution in [1.82, 2.24) is 10.6 Å². The molecule has 2 aromatic rings. The first-order valence-corrected chi connectivity index (χ1v) is 9.56. The Hall–Kier alpha value is -1.96. The summed E-state index contributed by atoms with van der Waals surface area (Å²) in [6.07, 6.45) is 3.52. The fourth-order valence-electron chi connectivity index (χ4n) is 2.80. The van der Waals surface area contributed by atoms with Crippen LogP contribution >= 0.6 is 24.0 Å². The average molecular weight is 495 g/mol. The third-order valence-corrected chi connectivity index (χ3v) is 4.68. The molecular formula is C22H30IN3O2. The molecule has 2 N–H and O–H groups in total. The number of guanidine groups is 1. The predicted octanol–water partition coefficient (Wildman–Crippen LogP) is 4.01. The van der Waals surface area contributed by atoms with E-state index >= 15 is 0 Å². The Balaban J connectivity index is 0.00000280. The van der Waals surface area contributed by atoms with Gasteiger partial charge in [0.1, 0.15) is 11.5 Å². The highest BCUT2D eigenvalue weighted by atomic mass is 127. The molecule has 0 radical (unpaired) electrons. The molecule has 0 spiro atoms. The van der Waals surface area contributed by atoms with Crippen LogP contribution in [0.2, 0.25) is 0 Å². The summed E-state index contributed by atoms with van der Waals surface area (Å²) >= 11 is 0. The van der Waals surface area contributed by atoms with Crippen molar-refractivity contribution in [3.05, 3.63) is 59.7 Å². The predicted molar refractivity (Wildman–Crippen MR) is 125 cm³/mol. The molecule has 0 aromatic heterocycles. The Morgan fingerprint density at radius 3 is 2.50 bits per heavy atom. The average Bonchev–Trinajstić information content (AvgIpc) is 3.54. The lowest BCUT2D eigenvalue weighted by molar-refractivity contribution is 0.296. The van der Waals surface area contributed by atoms with Gasteiger partial charge in [-0.05, 0) is 48.9 Å². The molecule has 0 unspecified atom stereocenters. The normalized spacial score (nSPS) is 13.4. The Labute approximate surface area is 184 Å². The molecule has 0 bridgehead atoms. The smallest absolute Gasteiger partial charge is 0.191 e. The van der Waals surface area contributed by atoms with Crippen LogP contribution in [0.25, 0.3) is 0 Å². The standard InChI is InChI=1S/C22H29N3O2.HI/c1-23-22(24-14-13-17-9-11-20(26-2)12-10-17)25-15-19-5-3-4-6-21(19)27-16-18-7-8-18;/h3-6,9-12,18H,7-8,13-16H2,1-2H3,(H2,23,24,25);1H. The minimum Gasteiger partial charge on any atom is -0.497 e. The van der Waals surface area contributed by atoms with Gasteiger partial charge in [-0.3, -0.25) is 4.99 Å². The number of ether oxygens (including phenoxy) is 2. The molecular weight excluding hydrogens is 465 g/mol. The number of nitrogens with zero attached hydrogens (tertiary/aromatic N) is 1. The molecule has 3 rings (SSSR count). The second-order valence-corrected chi connectivity index (χ2v) is 6.81. The zero-order valence-electron chi connectivity index (χ0n) is 16.6. The second-order valence-electron chi connectivity index (χ2n) is 6.81. The van der Waals surface area contributed by atoms with Crippen LogP contribution in [0.1, 0.15) is 24.0 Å². The van der Waals surface area contributed by atoms with Crippen molar-refractivity contribution in [3.63, 3.8) is 0 Å². The maximum Gasteiger partial charge on any atom is 0.191 e. The van der Waals surface area contributed by atoms with Crippen LogP contribution in [0, 0.1) is 5.92 Å². The number of benzene rings is 2. The highest BCUT2D eigenvalue weighted by Gasteiger charge is 2.22. The van der Waals surface area contributed by atoms with E-state index in [0.717, 1.165) is 48.5 Å². The molecule has 1 aliphatic rings. The third-order valence-electron chi connectivity index (χ3n) is 4.68. The lowest BCUT2D eigenvalue weighted by Crippen LogP contribution is -2.37. The van der Waals surface area contributed by atoms with E-state index in [4.69, 9.17) is 9.47 Å². The van der Waals surface area contributed by atoms with E-state index in [1.807, 2.05) is 30.3 Å². The number of nitrogens with one attached hydrogen (secondary N) is 2. The van der Waals surface area contributed by atoms with E-state index in [2.05, 4.69) is 33.8 Å². The Morgan fingerprint density at radius 2 is 1.82 bits per heavy atom. The first-order chi connectivity index (χ1) is 13.3. The van der Waals surface area contributed by atoms with Crippen molar-refractivity contribution in [2.75, 3.05) is 27.3 Å². The summed E-state index contributed by atoms with van der Waals surface area (Å²) in [5.41, 5.74) is 2.41. The fourth-order valence-corrected chi connectivity index (χ4v) is 2.80. The second kappa shape index (κ2) is 11.8. The number of hydrogen-bond acceptors (Lipinski definition) is 3. The van der Waals surface area contributed by atoms with Crippen LogP contribution < -0.4 is 20.1 Å². The monoisotopic (exact) mass is 495 g/mol. The van der Waals surface area contributed by atoms with Crippen molar-refractivity contribution in [2.24, 2.45) is 10.9 Å². The van der Waals surface area contributed by atoms with Gasteiger partial charge in [-0.25, -0.2) is 0 Å². The van der Waals surface area contributed by atoms with Gasteiger partial charge in [-0.15, -0.1) is 24.0 Å². The van der Waals surface area contributed by atoms with Gasteiger partial charge in [0.05, 0.1) is 13.7 Å². The van der Waals surface area contributed by atoms with Crippen molar-refractivity contribution >= 4 is 29.9 Å². The zero-order chi connectivity index (χ0) is 18.9. The summed E-state index contributed by atoms with van der Waals surface area (Å²) in [5, 5.41) is 6.74. The van der Waals surface area contributed by atoms with Crippen LogP contribution in [0.5, 0.6) is 11.5 Å². The summed E-state index contributed by atoms with van der Waals surface area (Å²) in [7, 11) is 3.47. The molecule has 1 saturated carbocycles. The molecule has 6 heteroatoms. The number of rotatable bonds is 9. The van der Waals surface area contributed by atoms with E-state index in [0.29, 0.717) is 6.54 Å². The van der Waals surface area contributed by atoms with E-state index < -0.39 is 0 Å². The number of aliphatic imine (C=N–C) groups is 1. The summed E-state index contributed by atoms with van der Waals surface area (Å²) in [6.45, 7) is 2.32. The van der Waals surface area contributed by atoms with Crippen LogP contribution in [-0.4, -0.2) is 33.3 Å². The molecule has 28 heavy (non-hydrogen) atoms. The van der Waals surface area contributed by atoms with E-state index in [9.17, 15) is 0 Å². The number of methoxy groups -OCH3 is 1. The number of para-hydroxylation sites is 1. The van der Waals surface area contributed by atoms with E-state index in [-0.39, 0.29) is 24.0 Å². The molecule has 1 fully saturated rings. The largest absolute Gasteiger partial charge is 0.497 e. The van der Waals surface area contributed by atoms with Crippen LogP contribution in [0.3, 0.4) is 0 Å². The SMILES string of the molecule is CN=C(NCCc1ccc(OC)cc1)NCc1ccccc1OCC1CC1.I. The highest BCUT2D eigenvalue weighted by molar-refractivity contribution is 14.0. The molecule has 0 heterocycles. The van der Waals surface area contributed by atoms with Gasteiger partial charge in [-0.1, -0.05) is 30.3 Å². The molecule has 1 aliphatic carbocycles. The first-order valence-electron chi connectivity index (χ1n) is 9.56. The van der Waals surface area contributed by atoms with E-state index in [1.54, 1.807) is 14.2 Å². The summed E-state index contributed by atoms with van der Waals surface area (Å²) < 4.78 is 11.2. The Kier molecular flexibility index (Phi) is 9.40. The maximum atomic E-state index is 5.97. The zero-order valence-corrected chi connectivity index (χ0v) is 18.9. The fraction of sp³-hybridized carbons (Fsp3) is 0.409. The van der Waals surface area contributed by atoms with Crippen LogP contribution in [-0.2, 0) is 13.0 Å².